The van der Waals surface area contributed by atoms with Gasteiger partial charge < -0.3 is 5.32 Å². The molecule has 5 heteroatoms. The van der Waals surface area contributed by atoms with E-state index in [-0.39, 0.29) is 11.6 Å². The van der Waals surface area contributed by atoms with Crippen LogP contribution >= 0.6 is 0 Å². The zero-order valence-electron chi connectivity index (χ0n) is 11.1. The Morgan fingerprint density at radius 3 is 2.84 bits per heavy atom. The van der Waals surface area contributed by atoms with Crippen LogP contribution in [0.25, 0.3) is 6.08 Å². The number of nitro groups is 1. The summed E-state index contributed by atoms with van der Waals surface area (Å²) < 4.78 is 0. The average molecular weight is 262 g/mol. The van der Waals surface area contributed by atoms with Gasteiger partial charge in [0.2, 0.25) is 5.91 Å². The maximum Gasteiger partial charge on any atom is 0.270 e. The number of carbonyl (C=O) groups excluding carboxylic acids is 1. The molecule has 102 valence electrons. The van der Waals surface area contributed by atoms with Crippen LogP contribution in [0.15, 0.2) is 30.3 Å². The Kier molecular flexibility index (Phi) is 5.73. The van der Waals surface area contributed by atoms with E-state index in [0.717, 1.165) is 6.42 Å². The highest BCUT2D eigenvalue weighted by Crippen LogP contribution is 2.13. The second-order valence-corrected chi connectivity index (χ2v) is 4.66. The molecule has 0 saturated carbocycles. The second kappa shape index (κ2) is 7.31. The summed E-state index contributed by atoms with van der Waals surface area (Å²) in [7, 11) is 0. The number of nitrogens with zero attached hydrogens (tertiary/aromatic N) is 1. The standard InChI is InChI=1S/C14H18N2O3/c1-11(2)8-9-15-14(17)7-6-12-4-3-5-13(10-12)16(18)19/h3-7,10-11H,8-9H2,1-2H3,(H,15,17)/b7-6+. The molecule has 1 rings (SSSR count). The number of nitrogens with one attached hydrogen (secondary N) is 1. The van der Waals surface area contributed by atoms with Crippen molar-refractivity contribution >= 4 is 17.7 Å². The van der Waals surface area contributed by atoms with Crippen LogP contribution in [-0.2, 0) is 4.79 Å². The molecule has 0 atom stereocenters. The van der Waals surface area contributed by atoms with Gasteiger partial charge in [0.15, 0.2) is 0 Å². The monoisotopic (exact) mass is 262 g/mol. The second-order valence-electron chi connectivity index (χ2n) is 4.66. The fourth-order valence-corrected chi connectivity index (χ4v) is 1.46. The summed E-state index contributed by atoms with van der Waals surface area (Å²) in [5.74, 6) is 0.355. The van der Waals surface area contributed by atoms with Gasteiger partial charge in [-0.25, -0.2) is 0 Å². The molecule has 0 aliphatic carbocycles. The smallest absolute Gasteiger partial charge is 0.270 e. The van der Waals surface area contributed by atoms with E-state index in [1.165, 1.54) is 18.2 Å². The Morgan fingerprint density at radius 2 is 2.21 bits per heavy atom. The van der Waals surface area contributed by atoms with Crippen LogP contribution in [0.5, 0.6) is 0 Å². The minimum atomic E-state index is -0.458. The number of carbonyl (C=O) groups is 1. The molecule has 0 spiro atoms. The zero-order chi connectivity index (χ0) is 14.3. The largest absolute Gasteiger partial charge is 0.353 e. The van der Waals surface area contributed by atoms with Gasteiger partial charge in [0.05, 0.1) is 4.92 Å². The first-order valence-electron chi connectivity index (χ1n) is 6.19. The van der Waals surface area contributed by atoms with Crippen molar-refractivity contribution in [2.45, 2.75) is 20.3 Å². The van der Waals surface area contributed by atoms with E-state index >= 15 is 0 Å². The molecule has 1 N–H and O–H groups in total. The summed E-state index contributed by atoms with van der Waals surface area (Å²) >= 11 is 0. The maximum absolute atomic E-state index is 11.5. The molecule has 0 heterocycles. The van der Waals surface area contributed by atoms with Gasteiger partial charge in [-0.2, -0.15) is 0 Å². The van der Waals surface area contributed by atoms with Gasteiger partial charge in [-0.05, 0) is 24.0 Å². The zero-order valence-corrected chi connectivity index (χ0v) is 11.1. The lowest BCUT2D eigenvalue weighted by Gasteiger charge is -2.04. The lowest BCUT2D eigenvalue weighted by molar-refractivity contribution is -0.384. The Morgan fingerprint density at radius 1 is 1.47 bits per heavy atom. The Hall–Kier alpha value is -2.17. The van der Waals surface area contributed by atoms with E-state index in [0.29, 0.717) is 18.0 Å². The minimum Gasteiger partial charge on any atom is -0.353 e. The van der Waals surface area contributed by atoms with Crippen molar-refractivity contribution in [1.82, 2.24) is 5.32 Å². The van der Waals surface area contributed by atoms with Crippen LogP contribution < -0.4 is 5.32 Å². The van der Waals surface area contributed by atoms with Crippen LogP contribution in [0.2, 0.25) is 0 Å². The van der Waals surface area contributed by atoms with Crippen molar-refractivity contribution in [2.75, 3.05) is 6.54 Å². The molecule has 1 aromatic carbocycles. The lowest BCUT2D eigenvalue weighted by atomic mass is 10.1. The Balaban J connectivity index is 2.54. The number of non-ortho nitro benzene ring substituents is 1. The molecule has 1 aromatic rings. The highest BCUT2D eigenvalue weighted by molar-refractivity contribution is 5.91. The first-order valence-corrected chi connectivity index (χ1v) is 6.19. The fourth-order valence-electron chi connectivity index (χ4n) is 1.46. The molecule has 0 fully saturated rings. The summed E-state index contributed by atoms with van der Waals surface area (Å²) in [6.45, 7) is 4.81. The van der Waals surface area contributed by atoms with Crippen molar-refractivity contribution in [1.29, 1.82) is 0 Å². The van der Waals surface area contributed by atoms with E-state index in [2.05, 4.69) is 19.2 Å². The molecule has 0 unspecified atom stereocenters. The number of hydrogen-bond donors (Lipinski definition) is 1. The van der Waals surface area contributed by atoms with Crippen LogP contribution in [0.4, 0.5) is 5.69 Å². The fraction of sp³-hybridized carbons (Fsp3) is 0.357. The average Bonchev–Trinajstić information content (AvgIpc) is 2.36. The van der Waals surface area contributed by atoms with Gasteiger partial charge in [0.1, 0.15) is 0 Å². The van der Waals surface area contributed by atoms with Crippen molar-refractivity contribution in [3.63, 3.8) is 0 Å². The summed E-state index contributed by atoms with van der Waals surface area (Å²) in [6, 6.07) is 6.15. The Bertz CT molecular complexity index is 481. The molecule has 5 nitrogen and oxygen atoms in total. The SMILES string of the molecule is CC(C)CCNC(=O)/C=C/c1cccc([N+](=O)[O-])c1. The van der Waals surface area contributed by atoms with Crippen molar-refractivity contribution in [2.24, 2.45) is 5.92 Å². The number of rotatable bonds is 6. The normalized spacial score (nSPS) is 10.9. The van der Waals surface area contributed by atoms with Gasteiger partial charge >= 0.3 is 0 Å². The quantitative estimate of drug-likeness (QED) is 0.486. The summed E-state index contributed by atoms with van der Waals surface area (Å²) in [5.41, 5.74) is 0.649. The molecule has 0 radical (unpaired) electrons. The highest BCUT2D eigenvalue weighted by Gasteiger charge is 2.04. The van der Waals surface area contributed by atoms with Crippen molar-refractivity contribution in [3.8, 4) is 0 Å². The van der Waals surface area contributed by atoms with Gasteiger partial charge in [0.25, 0.3) is 5.69 Å². The summed E-state index contributed by atoms with van der Waals surface area (Å²) in [4.78, 5) is 21.6. The van der Waals surface area contributed by atoms with E-state index in [4.69, 9.17) is 0 Å². The van der Waals surface area contributed by atoms with Crippen molar-refractivity contribution in [3.05, 3.63) is 46.0 Å². The topological polar surface area (TPSA) is 72.2 Å². The molecular formula is C14H18N2O3. The van der Waals surface area contributed by atoms with Gasteiger partial charge in [-0.3, -0.25) is 14.9 Å². The van der Waals surface area contributed by atoms with Gasteiger partial charge in [-0.1, -0.05) is 26.0 Å². The van der Waals surface area contributed by atoms with E-state index in [1.54, 1.807) is 18.2 Å². The van der Waals surface area contributed by atoms with Crippen LogP contribution in [0.1, 0.15) is 25.8 Å². The van der Waals surface area contributed by atoms with Crippen LogP contribution in [0, 0.1) is 16.0 Å². The molecule has 0 aromatic heterocycles. The number of benzene rings is 1. The van der Waals surface area contributed by atoms with E-state index in [9.17, 15) is 14.9 Å². The molecule has 0 aliphatic heterocycles. The minimum absolute atomic E-state index is 0.0161. The van der Waals surface area contributed by atoms with Gasteiger partial charge in [0, 0.05) is 24.8 Å². The molecule has 0 saturated heterocycles. The predicted molar refractivity (Wildman–Crippen MR) is 74.6 cm³/mol. The Labute approximate surface area is 112 Å². The van der Waals surface area contributed by atoms with Crippen LogP contribution in [-0.4, -0.2) is 17.4 Å². The first-order chi connectivity index (χ1) is 8.99. The molecule has 1 amide bonds. The first kappa shape index (κ1) is 14.9. The third-order valence-electron chi connectivity index (χ3n) is 2.53. The third-order valence-corrected chi connectivity index (χ3v) is 2.53. The lowest BCUT2D eigenvalue weighted by Crippen LogP contribution is -2.23. The predicted octanol–water partition coefficient (Wildman–Crippen LogP) is 2.77. The summed E-state index contributed by atoms with van der Waals surface area (Å²) in [5, 5.41) is 13.4. The third kappa shape index (κ3) is 5.81. The molecule has 0 bridgehead atoms. The molecule has 0 aliphatic rings. The van der Waals surface area contributed by atoms with Crippen LogP contribution in [0.3, 0.4) is 0 Å². The molecule has 19 heavy (non-hydrogen) atoms. The summed E-state index contributed by atoms with van der Waals surface area (Å²) in [6.07, 6.45) is 3.88. The highest BCUT2D eigenvalue weighted by atomic mass is 16.6. The van der Waals surface area contributed by atoms with Gasteiger partial charge in [-0.15, -0.1) is 0 Å². The van der Waals surface area contributed by atoms with E-state index in [1.807, 2.05) is 0 Å². The van der Waals surface area contributed by atoms with Crippen molar-refractivity contribution < 1.29 is 9.72 Å². The maximum atomic E-state index is 11.5. The number of amides is 1. The van der Waals surface area contributed by atoms with E-state index < -0.39 is 4.92 Å². The number of hydrogen-bond acceptors (Lipinski definition) is 3. The molecular weight excluding hydrogens is 244 g/mol. The number of nitro benzene ring substituents is 1.